The van der Waals surface area contributed by atoms with Crippen LogP contribution in [0.5, 0.6) is 11.5 Å². The molecule has 4 rings (SSSR count). The molecule has 0 spiro atoms. The highest BCUT2D eigenvalue weighted by atomic mass is 35.5. The highest BCUT2D eigenvalue weighted by Crippen LogP contribution is 2.33. The lowest BCUT2D eigenvalue weighted by Crippen LogP contribution is -2.48. The van der Waals surface area contributed by atoms with Crippen LogP contribution in [0.25, 0.3) is 0 Å². The van der Waals surface area contributed by atoms with Crippen molar-refractivity contribution < 1.29 is 22.7 Å². The Bertz CT molecular complexity index is 820. The number of piperidine rings is 1. The van der Waals surface area contributed by atoms with E-state index in [1.54, 1.807) is 18.0 Å². The summed E-state index contributed by atoms with van der Waals surface area (Å²) in [6.07, 6.45) is 4.23. The molecule has 2 bridgehead atoms. The summed E-state index contributed by atoms with van der Waals surface area (Å²) in [5.74, 6) is 0.683. The zero-order valence-electron chi connectivity index (χ0n) is 15.9. The molecule has 0 aliphatic carbocycles. The quantitative estimate of drug-likeness (QED) is 0.766. The maximum absolute atomic E-state index is 12.7. The summed E-state index contributed by atoms with van der Waals surface area (Å²) in [5, 5.41) is 3.56. The lowest BCUT2D eigenvalue weighted by atomic mass is 9.98. The first-order valence-electron chi connectivity index (χ1n) is 9.56. The number of fused-ring (bicyclic) bond motifs is 3. The zero-order valence-corrected chi connectivity index (χ0v) is 17.6. The first-order valence-corrected chi connectivity index (χ1v) is 11.2. The molecule has 0 aromatic heterocycles. The van der Waals surface area contributed by atoms with Gasteiger partial charge in [0.15, 0.2) is 21.3 Å². The summed E-state index contributed by atoms with van der Waals surface area (Å²) in [7, 11) is -1.76. The van der Waals surface area contributed by atoms with Crippen LogP contribution in [-0.4, -0.2) is 63.4 Å². The molecule has 1 amide bonds. The van der Waals surface area contributed by atoms with Gasteiger partial charge in [0.1, 0.15) is 13.2 Å². The number of nitrogens with zero attached hydrogens (tertiary/aromatic N) is 1. The number of benzene rings is 1. The number of carbonyl (C=O) groups is 1. The van der Waals surface area contributed by atoms with E-state index < -0.39 is 9.84 Å². The minimum atomic E-state index is -3.56. The van der Waals surface area contributed by atoms with Crippen molar-refractivity contribution in [2.24, 2.45) is 0 Å². The Balaban J connectivity index is 0.00000225. The second-order valence-electron chi connectivity index (χ2n) is 7.64. The average molecular weight is 431 g/mol. The molecule has 156 valence electrons. The molecule has 7 nitrogen and oxygen atoms in total. The van der Waals surface area contributed by atoms with Gasteiger partial charge in [0.2, 0.25) is 5.91 Å². The summed E-state index contributed by atoms with van der Waals surface area (Å²) >= 11 is 0. The van der Waals surface area contributed by atoms with Crippen molar-refractivity contribution in [3.8, 4) is 11.5 Å². The molecule has 3 heterocycles. The lowest BCUT2D eigenvalue weighted by Gasteiger charge is -2.35. The van der Waals surface area contributed by atoms with Crippen LogP contribution >= 0.6 is 12.4 Å². The minimum Gasteiger partial charge on any atom is -0.486 e. The van der Waals surface area contributed by atoms with Gasteiger partial charge in [-0.05, 0) is 37.8 Å². The van der Waals surface area contributed by atoms with E-state index in [1.165, 1.54) is 25.0 Å². The van der Waals surface area contributed by atoms with Gasteiger partial charge in [-0.1, -0.05) is 0 Å². The van der Waals surface area contributed by atoms with Crippen LogP contribution in [0.4, 0.5) is 0 Å². The number of rotatable bonds is 5. The highest BCUT2D eigenvalue weighted by Gasteiger charge is 2.36. The van der Waals surface area contributed by atoms with Crippen LogP contribution in [0.2, 0.25) is 0 Å². The van der Waals surface area contributed by atoms with Crippen LogP contribution in [0.1, 0.15) is 32.1 Å². The smallest absolute Gasteiger partial charge is 0.223 e. The monoisotopic (exact) mass is 430 g/mol. The largest absolute Gasteiger partial charge is 0.486 e. The van der Waals surface area contributed by atoms with Gasteiger partial charge >= 0.3 is 0 Å². The van der Waals surface area contributed by atoms with E-state index in [4.69, 9.17) is 9.47 Å². The van der Waals surface area contributed by atoms with E-state index in [1.807, 2.05) is 0 Å². The molecule has 28 heavy (non-hydrogen) atoms. The summed E-state index contributed by atoms with van der Waals surface area (Å²) in [4.78, 5) is 14.5. The number of hydrogen-bond donors (Lipinski definition) is 1. The van der Waals surface area contributed by atoms with Crippen LogP contribution in [-0.2, 0) is 14.6 Å². The van der Waals surface area contributed by atoms with Crippen molar-refractivity contribution in [2.75, 3.05) is 26.0 Å². The van der Waals surface area contributed by atoms with E-state index in [9.17, 15) is 13.2 Å². The van der Waals surface area contributed by atoms with Gasteiger partial charge in [0, 0.05) is 37.7 Å². The first-order chi connectivity index (χ1) is 12.9. The maximum atomic E-state index is 12.7. The van der Waals surface area contributed by atoms with Crippen molar-refractivity contribution in [2.45, 2.75) is 55.1 Å². The summed E-state index contributed by atoms with van der Waals surface area (Å²) in [6, 6.07) is 5.80. The Labute approximate surface area is 172 Å². The average Bonchev–Trinajstić information content (AvgIpc) is 3.02. The Morgan fingerprint density at radius 3 is 2.46 bits per heavy atom. The third-order valence-corrected chi connectivity index (χ3v) is 7.56. The molecule has 2 unspecified atom stereocenters. The molecule has 2 saturated heterocycles. The number of hydrogen-bond acceptors (Lipinski definition) is 6. The summed E-state index contributed by atoms with van der Waals surface area (Å²) in [6.45, 7) is 0.857. The van der Waals surface area contributed by atoms with Crippen molar-refractivity contribution in [3.63, 3.8) is 0 Å². The number of carbonyl (C=O) groups excluding carboxylic acids is 1. The van der Waals surface area contributed by atoms with Crippen molar-refractivity contribution in [1.82, 2.24) is 10.2 Å². The van der Waals surface area contributed by atoms with E-state index in [0.717, 1.165) is 12.8 Å². The number of sulfone groups is 1. The fraction of sp³-hybridized carbons (Fsp3) is 0.632. The molecule has 2 atom stereocenters. The molecule has 1 aromatic rings. The fourth-order valence-corrected chi connectivity index (χ4v) is 5.52. The van der Waals surface area contributed by atoms with E-state index in [2.05, 4.69) is 5.32 Å². The van der Waals surface area contributed by atoms with Gasteiger partial charge in [-0.3, -0.25) is 4.79 Å². The third-order valence-electron chi connectivity index (χ3n) is 5.85. The Morgan fingerprint density at radius 2 is 1.79 bits per heavy atom. The second-order valence-corrected chi connectivity index (χ2v) is 9.75. The second kappa shape index (κ2) is 8.47. The SMILES string of the molecule is CN(C(=O)CCS(=O)(=O)c1ccc2c(c1)OCCO2)C1CC2CCC(C1)N2.Cl. The van der Waals surface area contributed by atoms with Crippen LogP contribution < -0.4 is 14.8 Å². The molecule has 9 heteroatoms. The molecular weight excluding hydrogens is 404 g/mol. The molecule has 1 aromatic carbocycles. The Kier molecular flexibility index (Phi) is 6.41. The third kappa shape index (κ3) is 4.39. The van der Waals surface area contributed by atoms with Gasteiger partial charge < -0.3 is 19.7 Å². The number of ether oxygens (including phenoxy) is 2. The normalized spacial score (nSPS) is 25.7. The Morgan fingerprint density at radius 1 is 1.14 bits per heavy atom. The van der Waals surface area contributed by atoms with Crippen LogP contribution in [0.15, 0.2) is 23.1 Å². The van der Waals surface area contributed by atoms with Crippen molar-refractivity contribution in [3.05, 3.63) is 18.2 Å². The molecule has 3 aliphatic rings. The topological polar surface area (TPSA) is 84.9 Å². The summed E-state index contributed by atoms with van der Waals surface area (Å²) in [5.41, 5.74) is 0. The molecular formula is C19H27ClN2O5S. The Hall–Kier alpha value is -1.51. The lowest BCUT2D eigenvalue weighted by molar-refractivity contribution is -0.132. The van der Waals surface area contributed by atoms with Crippen LogP contribution in [0, 0.1) is 0 Å². The predicted molar refractivity (Wildman–Crippen MR) is 107 cm³/mol. The van der Waals surface area contributed by atoms with E-state index >= 15 is 0 Å². The standard InChI is InChI=1S/C19H26N2O5S.ClH/c1-21(15-10-13-2-3-14(11-15)20-13)19(22)6-9-27(23,24)16-4-5-17-18(12-16)26-8-7-25-17;/h4-5,12-15,20H,2-3,6-11H2,1H3;1H. The molecule has 0 radical (unpaired) electrons. The van der Waals surface area contributed by atoms with Crippen LogP contribution in [0.3, 0.4) is 0 Å². The first kappa shape index (κ1) is 21.2. The van der Waals surface area contributed by atoms with Gasteiger partial charge in [0.05, 0.1) is 10.6 Å². The minimum absolute atomic E-state index is 0. The van der Waals surface area contributed by atoms with Crippen molar-refractivity contribution >= 4 is 28.2 Å². The van der Waals surface area contributed by atoms with E-state index in [0.29, 0.717) is 36.8 Å². The number of nitrogens with one attached hydrogen (secondary N) is 1. The fourth-order valence-electron chi connectivity index (χ4n) is 4.28. The molecule has 1 N–H and O–H groups in total. The molecule has 2 fully saturated rings. The molecule has 0 saturated carbocycles. The number of amides is 1. The summed E-state index contributed by atoms with van der Waals surface area (Å²) < 4.78 is 36.2. The van der Waals surface area contributed by atoms with E-state index in [-0.39, 0.29) is 41.4 Å². The molecule has 3 aliphatic heterocycles. The highest BCUT2D eigenvalue weighted by molar-refractivity contribution is 7.91. The predicted octanol–water partition coefficient (Wildman–Crippen LogP) is 1.78. The van der Waals surface area contributed by atoms with Gasteiger partial charge in [-0.2, -0.15) is 0 Å². The maximum Gasteiger partial charge on any atom is 0.223 e. The van der Waals surface area contributed by atoms with Crippen molar-refractivity contribution in [1.29, 1.82) is 0 Å². The van der Waals surface area contributed by atoms with Gasteiger partial charge in [-0.15, -0.1) is 12.4 Å². The number of halogens is 1. The van der Waals surface area contributed by atoms with Gasteiger partial charge in [0.25, 0.3) is 0 Å². The van der Waals surface area contributed by atoms with Gasteiger partial charge in [-0.25, -0.2) is 8.42 Å². The zero-order chi connectivity index (χ0) is 19.0.